The predicted molar refractivity (Wildman–Crippen MR) is 67.2 cm³/mol. The van der Waals surface area contributed by atoms with Crippen LogP contribution in [0.5, 0.6) is 0 Å². The zero-order chi connectivity index (χ0) is 11.5. The van der Waals surface area contributed by atoms with Gasteiger partial charge in [-0.2, -0.15) is 0 Å². The smallest absolute Gasteiger partial charge is 0.156 e. The lowest BCUT2D eigenvalue weighted by Crippen LogP contribution is -1.86. The first kappa shape index (κ1) is 11.6. The Bertz CT molecular complexity index is 516. The van der Waals surface area contributed by atoms with Crippen molar-refractivity contribution in [3.05, 3.63) is 52.4 Å². The van der Waals surface area contributed by atoms with Gasteiger partial charge in [0.1, 0.15) is 5.03 Å². The highest BCUT2D eigenvalue weighted by Gasteiger charge is 2.06. The topological polar surface area (TPSA) is 12.9 Å². The summed E-state index contributed by atoms with van der Waals surface area (Å²) in [6.45, 7) is 2.01. The van der Waals surface area contributed by atoms with E-state index in [9.17, 15) is 4.39 Å². The average molecular weight is 298 g/mol. The normalized spacial score (nSPS) is 10.4. The molecule has 0 aliphatic rings. The van der Waals surface area contributed by atoms with Crippen molar-refractivity contribution in [3.8, 4) is 0 Å². The summed E-state index contributed by atoms with van der Waals surface area (Å²) in [5.41, 5.74) is 1.16. The van der Waals surface area contributed by atoms with Crippen LogP contribution in [0, 0.1) is 12.7 Å². The van der Waals surface area contributed by atoms with Crippen LogP contribution in [-0.4, -0.2) is 4.98 Å². The Labute approximate surface area is 106 Å². The van der Waals surface area contributed by atoms with Crippen LogP contribution >= 0.6 is 27.7 Å². The molecule has 82 valence electrons. The van der Waals surface area contributed by atoms with Gasteiger partial charge in [-0.25, -0.2) is 9.37 Å². The third kappa shape index (κ3) is 2.83. The Morgan fingerprint density at radius 1 is 1.31 bits per heavy atom. The summed E-state index contributed by atoms with van der Waals surface area (Å²) in [5, 5.41) is 0.397. The fraction of sp³-hybridized carbons (Fsp3) is 0.0833. The minimum atomic E-state index is -0.305. The van der Waals surface area contributed by atoms with E-state index in [2.05, 4.69) is 20.9 Å². The van der Waals surface area contributed by atoms with E-state index in [1.54, 1.807) is 6.20 Å². The average Bonchev–Trinajstić information content (AvgIpc) is 2.22. The summed E-state index contributed by atoms with van der Waals surface area (Å²) in [6, 6.07) is 9.34. The molecule has 0 aliphatic heterocycles. The van der Waals surface area contributed by atoms with Crippen LogP contribution in [0.4, 0.5) is 4.39 Å². The van der Waals surface area contributed by atoms with Crippen molar-refractivity contribution < 1.29 is 4.39 Å². The lowest BCUT2D eigenvalue weighted by molar-refractivity contribution is 0.586. The van der Waals surface area contributed by atoms with E-state index in [0.29, 0.717) is 9.50 Å². The molecule has 16 heavy (non-hydrogen) atoms. The zero-order valence-electron chi connectivity index (χ0n) is 8.58. The Hall–Kier alpha value is -0.870. The molecule has 0 N–H and O–H groups in total. The van der Waals surface area contributed by atoms with E-state index in [1.165, 1.54) is 17.8 Å². The summed E-state index contributed by atoms with van der Waals surface area (Å²) in [4.78, 5) is 5.04. The monoisotopic (exact) mass is 297 g/mol. The molecule has 0 atom stereocenters. The fourth-order valence-electron chi connectivity index (χ4n) is 1.27. The Morgan fingerprint density at radius 3 is 2.81 bits per heavy atom. The number of aromatic nitrogens is 1. The molecular weight excluding hydrogens is 289 g/mol. The van der Waals surface area contributed by atoms with Gasteiger partial charge in [0.15, 0.2) is 5.82 Å². The lowest BCUT2D eigenvalue weighted by Gasteiger charge is -2.03. The SMILES string of the molecule is Cc1cccc(Sc2ncc(Br)cc2F)c1. The molecule has 0 aliphatic carbocycles. The molecule has 0 saturated heterocycles. The number of hydrogen-bond acceptors (Lipinski definition) is 2. The van der Waals surface area contributed by atoms with Crippen LogP contribution in [0.2, 0.25) is 0 Å². The molecule has 0 bridgehead atoms. The lowest BCUT2D eigenvalue weighted by atomic mass is 10.2. The second-order valence-corrected chi connectivity index (χ2v) is 5.34. The van der Waals surface area contributed by atoms with Crippen molar-refractivity contribution in [2.45, 2.75) is 16.8 Å². The molecule has 2 rings (SSSR count). The van der Waals surface area contributed by atoms with E-state index in [4.69, 9.17) is 0 Å². The van der Waals surface area contributed by atoms with Crippen LogP contribution in [-0.2, 0) is 0 Å². The largest absolute Gasteiger partial charge is 0.245 e. The highest BCUT2D eigenvalue weighted by atomic mass is 79.9. The maximum Gasteiger partial charge on any atom is 0.156 e. The van der Waals surface area contributed by atoms with E-state index < -0.39 is 0 Å². The molecule has 1 heterocycles. The van der Waals surface area contributed by atoms with Gasteiger partial charge in [0.2, 0.25) is 0 Å². The maximum atomic E-state index is 13.5. The van der Waals surface area contributed by atoms with Gasteiger partial charge in [0.05, 0.1) is 0 Å². The van der Waals surface area contributed by atoms with Gasteiger partial charge < -0.3 is 0 Å². The highest BCUT2D eigenvalue weighted by molar-refractivity contribution is 9.10. The standard InChI is InChI=1S/C12H9BrFNS/c1-8-3-2-4-10(5-8)16-12-11(14)6-9(13)7-15-12/h2-7H,1H3. The number of nitrogens with zero attached hydrogens (tertiary/aromatic N) is 1. The van der Waals surface area contributed by atoms with Gasteiger partial charge in [-0.1, -0.05) is 29.5 Å². The van der Waals surface area contributed by atoms with Crippen molar-refractivity contribution in [1.82, 2.24) is 4.98 Å². The summed E-state index contributed by atoms with van der Waals surface area (Å²) >= 11 is 4.51. The van der Waals surface area contributed by atoms with Gasteiger partial charge in [0.25, 0.3) is 0 Å². The maximum absolute atomic E-state index is 13.5. The number of pyridine rings is 1. The minimum absolute atomic E-state index is 0.305. The number of hydrogen-bond donors (Lipinski definition) is 0. The second kappa shape index (κ2) is 4.97. The molecule has 0 spiro atoms. The van der Waals surface area contributed by atoms with Gasteiger partial charge in [-0.3, -0.25) is 0 Å². The van der Waals surface area contributed by atoms with Gasteiger partial charge in [0, 0.05) is 15.6 Å². The number of halogens is 2. The second-order valence-electron chi connectivity index (χ2n) is 3.36. The van der Waals surface area contributed by atoms with E-state index >= 15 is 0 Å². The van der Waals surface area contributed by atoms with Crippen LogP contribution in [0.1, 0.15) is 5.56 Å². The quantitative estimate of drug-likeness (QED) is 0.813. The van der Waals surface area contributed by atoms with Crippen molar-refractivity contribution in [3.63, 3.8) is 0 Å². The number of rotatable bonds is 2. The molecule has 4 heteroatoms. The molecule has 2 aromatic rings. The third-order valence-corrected chi connectivity index (χ3v) is 3.40. The zero-order valence-corrected chi connectivity index (χ0v) is 11.0. The Morgan fingerprint density at radius 2 is 2.12 bits per heavy atom. The van der Waals surface area contributed by atoms with Crippen molar-refractivity contribution in [1.29, 1.82) is 0 Å². The first-order chi connectivity index (χ1) is 7.65. The molecular formula is C12H9BrFNS. The Balaban J connectivity index is 2.27. The highest BCUT2D eigenvalue weighted by Crippen LogP contribution is 2.29. The molecule has 0 unspecified atom stereocenters. The summed E-state index contributed by atoms with van der Waals surface area (Å²) in [5.74, 6) is -0.305. The summed E-state index contributed by atoms with van der Waals surface area (Å²) in [7, 11) is 0. The molecule has 0 saturated carbocycles. The van der Waals surface area contributed by atoms with Gasteiger partial charge >= 0.3 is 0 Å². The molecule has 0 amide bonds. The summed E-state index contributed by atoms with van der Waals surface area (Å²) in [6.07, 6.45) is 1.60. The van der Waals surface area contributed by atoms with Crippen LogP contribution in [0.15, 0.2) is 50.9 Å². The summed E-state index contributed by atoms with van der Waals surface area (Å²) < 4.78 is 14.2. The van der Waals surface area contributed by atoms with Crippen LogP contribution < -0.4 is 0 Å². The van der Waals surface area contributed by atoms with Crippen LogP contribution in [0.25, 0.3) is 0 Å². The first-order valence-corrected chi connectivity index (χ1v) is 6.31. The Kier molecular flexibility index (Phi) is 3.61. The molecule has 1 aromatic heterocycles. The van der Waals surface area contributed by atoms with E-state index in [1.807, 2.05) is 31.2 Å². The first-order valence-electron chi connectivity index (χ1n) is 4.71. The van der Waals surface area contributed by atoms with Gasteiger partial charge in [-0.05, 0) is 41.1 Å². The number of aryl methyl sites for hydroxylation is 1. The van der Waals surface area contributed by atoms with E-state index in [0.717, 1.165) is 10.5 Å². The van der Waals surface area contributed by atoms with Crippen molar-refractivity contribution in [2.24, 2.45) is 0 Å². The van der Waals surface area contributed by atoms with Crippen molar-refractivity contribution in [2.75, 3.05) is 0 Å². The minimum Gasteiger partial charge on any atom is -0.245 e. The molecule has 0 fully saturated rings. The third-order valence-electron chi connectivity index (χ3n) is 1.98. The van der Waals surface area contributed by atoms with E-state index in [-0.39, 0.29) is 5.82 Å². The molecule has 1 nitrogen and oxygen atoms in total. The molecule has 0 radical (unpaired) electrons. The molecule has 1 aromatic carbocycles. The van der Waals surface area contributed by atoms with Gasteiger partial charge in [-0.15, -0.1) is 0 Å². The predicted octanol–water partition coefficient (Wildman–Crippen LogP) is 4.44. The fourth-order valence-corrected chi connectivity index (χ4v) is 2.45. The number of benzene rings is 1. The van der Waals surface area contributed by atoms with Crippen molar-refractivity contribution >= 4 is 27.7 Å². The van der Waals surface area contributed by atoms with Crippen LogP contribution in [0.3, 0.4) is 0 Å².